The first-order chi connectivity index (χ1) is 16.2. The Kier molecular flexibility index (Phi) is 9.32. The molecular weight excluding hydrogens is 548 g/mol. The molecule has 1 aromatic rings. The summed E-state index contributed by atoms with van der Waals surface area (Å²) in [5, 5.41) is -0.934. The highest BCUT2D eigenvalue weighted by molar-refractivity contribution is 9.08. The van der Waals surface area contributed by atoms with Gasteiger partial charge in [-0.2, -0.15) is 4.57 Å². The first kappa shape index (κ1) is 30.9. The van der Waals surface area contributed by atoms with Crippen LogP contribution in [-0.4, -0.2) is 59.6 Å². The SMILES string of the molecule is C[Si](C)[C@]1(n2cc(CBr)c(=O)n(C(=O)OC(C)(C)C)c2=O)C[C@H](OC(C)(C)C)[C@@H](COC(C)(C)C)O1. The number of hydrogen-bond donors (Lipinski definition) is 0. The van der Waals surface area contributed by atoms with Crippen molar-refractivity contribution >= 4 is 30.8 Å². The lowest BCUT2D eigenvalue weighted by Gasteiger charge is -2.35. The van der Waals surface area contributed by atoms with Gasteiger partial charge in [-0.15, -0.1) is 0 Å². The molecule has 1 radical (unpaired) electrons. The Labute approximate surface area is 224 Å². The second-order valence-electron chi connectivity index (χ2n) is 12.4. The minimum Gasteiger partial charge on any atom is -0.443 e. The maximum absolute atomic E-state index is 13.8. The lowest BCUT2D eigenvalue weighted by molar-refractivity contribution is -0.140. The molecule has 1 aliphatic heterocycles. The quantitative estimate of drug-likeness (QED) is 0.357. The van der Waals surface area contributed by atoms with Crippen LogP contribution in [0.3, 0.4) is 0 Å². The van der Waals surface area contributed by atoms with Crippen LogP contribution in [0.25, 0.3) is 0 Å². The van der Waals surface area contributed by atoms with Crippen molar-refractivity contribution in [3.05, 3.63) is 32.6 Å². The normalized spacial score (nSPS) is 23.4. The number of nitrogens with zero attached hydrogens (tertiary/aromatic N) is 2. The topological polar surface area (TPSA) is 98.0 Å². The maximum Gasteiger partial charge on any atom is 0.425 e. The van der Waals surface area contributed by atoms with Crippen LogP contribution < -0.4 is 11.2 Å². The van der Waals surface area contributed by atoms with Crippen molar-refractivity contribution in [1.29, 1.82) is 0 Å². The van der Waals surface area contributed by atoms with Crippen LogP contribution in [0.4, 0.5) is 4.79 Å². The van der Waals surface area contributed by atoms with E-state index in [1.807, 2.05) is 54.6 Å². The van der Waals surface area contributed by atoms with Crippen molar-refractivity contribution in [2.24, 2.45) is 0 Å². The molecule has 0 N–H and O–H groups in total. The Bertz CT molecular complexity index is 1060. The standard InChI is InChI=1S/C25H42BrN2O7Si/c1-22(2,3)32-15-18-17(33-23(4,5)6)12-25(34-18,36(10)11)27-14-16(13-26)19(29)28(20(27)30)21(31)35-24(7,8)9/h14,17-18H,12-13,15H2,1-11H3/t17-,18+,25-/m0/s1. The molecule has 0 saturated carbocycles. The summed E-state index contributed by atoms with van der Waals surface area (Å²) >= 11 is 3.33. The maximum atomic E-state index is 13.8. The zero-order valence-corrected chi connectivity index (χ0v) is 26.1. The first-order valence-corrected chi connectivity index (χ1v) is 15.8. The molecule has 36 heavy (non-hydrogen) atoms. The number of aromatic nitrogens is 2. The van der Waals surface area contributed by atoms with Crippen LogP contribution in [0.1, 0.15) is 74.3 Å². The predicted molar refractivity (Wildman–Crippen MR) is 145 cm³/mol. The van der Waals surface area contributed by atoms with E-state index in [9.17, 15) is 14.4 Å². The van der Waals surface area contributed by atoms with Crippen molar-refractivity contribution < 1.29 is 23.7 Å². The molecule has 0 aromatic carbocycles. The average Bonchev–Trinajstić information content (AvgIpc) is 3.02. The summed E-state index contributed by atoms with van der Waals surface area (Å²) < 4.78 is 26.5. The summed E-state index contributed by atoms with van der Waals surface area (Å²) in [6.45, 7) is 21.2. The highest BCUT2D eigenvalue weighted by atomic mass is 79.9. The molecule has 0 aliphatic carbocycles. The molecule has 1 fully saturated rings. The zero-order chi connectivity index (χ0) is 27.9. The second kappa shape index (κ2) is 10.8. The summed E-state index contributed by atoms with van der Waals surface area (Å²) in [5.41, 5.74) is -3.00. The van der Waals surface area contributed by atoms with E-state index >= 15 is 0 Å². The fourth-order valence-electron chi connectivity index (χ4n) is 3.97. The minimum absolute atomic E-state index is 0.152. The Morgan fingerprint density at radius 3 is 2.11 bits per heavy atom. The van der Waals surface area contributed by atoms with E-state index in [1.54, 1.807) is 20.8 Å². The fourth-order valence-corrected chi connectivity index (χ4v) is 5.99. The average molecular weight is 591 g/mol. The van der Waals surface area contributed by atoms with E-state index in [-0.39, 0.29) is 23.6 Å². The number of hydrogen-bond acceptors (Lipinski definition) is 7. The van der Waals surface area contributed by atoms with Gasteiger partial charge in [0.25, 0.3) is 5.56 Å². The van der Waals surface area contributed by atoms with E-state index in [4.69, 9.17) is 18.9 Å². The van der Waals surface area contributed by atoms with Crippen molar-refractivity contribution in [3.63, 3.8) is 0 Å². The van der Waals surface area contributed by atoms with Crippen LogP contribution in [-0.2, 0) is 29.6 Å². The Morgan fingerprint density at radius 2 is 1.67 bits per heavy atom. The number of carbonyl (C=O) groups is 1. The van der Waals surface area contributed by atoms with Crippen LogP contribution >= 0.6 is 15.9 Å². The van der Waals surface area contributed by atoms with Gasteiger partial charge in [0.2, 0.25) is 0 Å². The van der Waals surface area contributed by atoms with Crippen molar-refractivity contribution in [2.75, 3.05) is 6.61 Å². The van der Waals surface area contributed by atoms with Gasteiger partial charge >= 0.3 is 11.8 Å². The van der Waals surface area contributed by atoms with E-state index < -0.39 is 54.4 Å². The first-order valence-electron chi connectivity index (χ1n) is 12.2. The molecule has 3 atom stereocenters. The second-order valence-corrected chi connectivity index (χ2v) is 15.7. The number of alkyl halides is 1. The molecule has 0 unspecified atom stereocenters. The largest absolute Gasteiger partial charge is 0.443 e. The van der Waals surface area contributed by atoms with Gasteiger partial charge in [0.05, 0.1) is 23.9 Å². The van der Waals surface area contributed by atoms with Gasteiger partial charge in [-0.25, -0.2) is 9.59 Å². The molecule has 11 heteroatoms. The zero-order valence-electron chi connectivity index (χ0n) is 23.5. The summed E-state index contributed by atoms with van der Waals surface area (Å²) in [5.74, 6) is 0. The molecule has 2 rings (SSSR count). The number of ether oxygens (including phenoxy) is 4. The van der Waals surface area contributed by atoms with E-state index in [1.165, 1.54) is 10.8 Å². The Hall–Kier alpha value is -1.27. The molecule has 9 nitrogen and oxygen atoms in total. The Balaban J connectivity index is 2.71. The summed E-state index contributed by atoms with van der Waals surface area (Å²) in [6, 6.07) is 0. The highest BCUT2D eigenvalue weighted by Gasteiger charge is 2.53. The minimum atomic E-state index is -1.41. The molecular formula is C25H42BrN2O7Si. The van der Waals surface area contributed by atoms with Crippen molar-refractivity contribution in [2.45, 2.75) is 122 Å². The molecule has 0 amide bonds. The third-order valence-electron chi connectivity index (χ3n) is 5.47. The molecule has 205 valence electrons. The van der Waals surface area contributed by atoms with Crippen LogP contribution in [0.2, 0.25) is 13.1 Å². The number of rotatable bonds is 6. The smallest absolute Gasteiger partial charge is 0.425 e. The van der Waals surface area contributed by atoms with Crippen LogP contribution in [0.5, 0.6) is 0 Å². The van der Waals surface area contributed by atoms with Crippen molar-refractivity contribution in [1.82, 2.24) is 9.13 Å². The Morgan fingerprint density at radius 1 is 1.08 bits per heavy atom. The van der Waals surface area contributed by atoms with E-state index in [2.05, 4.69) is 15.9 Å². The van der Waals surface area contributed by atoms with Gasteiger partial charge in [0.15, 0.2) is 0 Å². The summed E-state index contributed by atoms with van der Waals surface area (Å²) in [7, 11) is -1.41. The lowest BCUT2D eigenvalue weighted by Crippen LogP contribution is -2.56. The predicted octanol–water partition coefficient (Wildman–Crippen LogP) is 4.42. The number of carbonyl (C=O) groups excluding carboxylic acids is 1. The molecule has 1 aromatic heterocycles. The molecule has 1 saturated heterocycles. The van der Waals surface area contributed by atoms with Crippen molar-refractivity contribution in [3.8, 4) is 0 Å². The fraction of sp³-hybridized carbons (Fsp3) is 0.800. The number of halogens is 1. The van der Waals surface area contributed by atoms with E-state index in [0.717, 1.165) is 0 Å². The third kappa shape index (κ3) is 7.40. The lowest BCUT2D eigenvalue weighted by atomic mass is 10.1. The summed E-state index contributed by atoms with van der Waals surface area (Å²) in [4.78, 5) is 39.8. The molecule has 0 bridgehead atoms. The third-order valence-corrected chi connectivity index (χ3v) is 8.20. The highest BCUT2D eigenvalue weighted by Crippen LogP contribution is 2.40. The van der Waals surface area contributed by atoms with Crippen LogP contribution in [0.15, 0.2) is 15.8 Å². The van der Waals surface area contributed by atoms with Gasteiger partial charge in [0, 0.05) is 23.5 Å². The molecule has 1 aliphatic rings. The van der Waals surface area contributed by atoms with E-state index in [0.29, 0.717) is 11.0 Å². The monoisotopic (exact) mass is 589 g/mol. The van der Waals surface area contributed by atoms with Gasteiger partial charge in [0.1, 0.15) is 25.9 Å². The molecule has 0 spiro atoms. The van der Waals surface area contributed by atoms with Gasteiger partial charge in [-0.3, -0.25) is 9.36 Å². The summed E-state index contributed by atoms with van der Waals surface area (Å²) in [6.07, 6.45) is 0.0353. The molecule has 2 heterocycles. The van der Waals surface area contributed by atoms with Crippen LogP contribution in [0, 0.1) is 0 Å². The van der Waals surface area contributed by atoms with Gasteiger partial charge < -0.3 is 18.9 Å². The van der Waals surface area contributed by atoms with Gasteiger partial charge in [-0.05, 0) is 62.3 Å². The van der Waals surface area contributed by atoms with Gasteiger partial charge in [-0.1, -0.05) is 29.0 Å².